The smallest absolute Gasteiger partial charge is 0.606 e. The molecule has 0 spiro atoms. The van der Waals surface area contributed by atoms with Crippen LogP contribution in [0.5, 0.6) is 0 Å². The maximum Gasteiger partial charge on any atom is 1.00 e. The van der Waals surface area contributed by atoms with Crippen molar-refractivity contribution in [3.63, 3.8) is 0 Å². The van der Waals surface area contributed by atoms with E-state index in [0.29, 0.717) is 0 Å². The zero-order valence-electron chi connectivity index (χ0n) is 14.4. The summed E-state index contributed by atoms with van der Waals surface area (Å²) in [7, 11) is -3.33. The minimum atomic E-state index is -1.67. The average Bonchev–Trinajstić information content (AvgIpc) is 2.24. The van der Waals surface area contributed by atoms with Gasteiger partial charge < -0.3 is 9.84 Å². The topological polar surface area (TPSA) is 32.3 Å². The molecule has 21 heavy (non-hydrogen) atoms. The third-order valence-electron chi connectivity index (χ3n) is 4.13. The van der Waals surface area contributed by atoms with E-state index in [1.165, 1.54) is 5.56 Å². The van der Waals surface area contributed by atoms with Gasteiger partial charge in [0.25, 0.3) is 0 Å². The van der Waals surface area contributed by atoms with Crippen LogP contribution >= 0.6 is 0 Å². The normalized spacial score (nSPS) is 22.2. The van der Waals surface area contributed by atoms with Gasteiger partial charge >= 0.3 is 18.9 Å². The van der Waals surface area contributed by atoms with E-state index in [4.69, 9.17) is 4.74 Å². The maximum absolute atomic E-state index is 12.1. The molecule has 1 unspecified atom stereocenters. The van der Waals surface area contributed by atoms with Crippen molar-refractivity contribution in [1.82, 2.24) is 0 Å². The van der Waals surface area contributed by atoms with Crippen LogP contribution in [0.1, 0.15) is 5.56 Å². The van der Waals surface area contributed by atoms with Crippen LogP contribution < -0.4 is 24.0 Å². The van der Waals surface area contributed by atoms with E-state index >= 15 is 0 Å². The van der Waals surface area contributed by atoms with Crippen LogP contribution in [0.25, 0.3) is 0 Å². The fraction of sp³-hybridized carbons (Fsp3) is 0.500. The molecule has 0 saturated heterocycles. The summed E-state index contributed by atoms with van der Waals surface area (Å²) < 4.78 is 5.85. The number of hydrogen-bond donors (Lipinski definition) is 0. The maximum atomic E-state index is 12.1. The Morgan fingerprint density at radius 3 is 1.90 bits per heavy atom. The van der Waals surface area contributed by atoms with Crippen LogP contribution in [0.15, 0.2) is 41.5 Å². The third kappa shape index (κ3) is 3.34. The number of ether oxygens (including phenoxy) is 1. The van der Waals surface area contributed by atoms with Gasteiger partial charge in [-0.1, -0.05) is 69.6 Å². The largest absolute Gasteiger partial charge is 1.00 e. The van der Waals surface area contributed by atoms with Crippen molar-refractivity contribution in [3.8, 4) is 0 Å². The Morgan fingerprint density at radius 2 is 1.52 bits per heavy atom. The van der Waals surface area contributed by atoms with Gasteiger partial charge in [0.2, 0.25) is 0 Å². The monoisotopic (exact) mass is 312 g/mol. The predicted octanol–water partition coefficient (Wildman–Crippen LogP) is 0.329. The predicted molar refractivity (Wildman–Crippen MR) is 87.7 cm³/mol. The fourth-order valence-corrected chi connectivity index (χ4v) is 9.34. The Kier molecular flexibility index (Phi) is 5.33. The van der Waals surface area contributed by atoms with Gasteiger partial charge in [0.1, 0.15) is 0 Å². The van der Waals surface area contributed by atoms with Crippen molar-refractivity contribution >= 4 is 16.1 Å². The number of rotatable bonds is 4. The first-order valence-electron chi connectivity index (χ1n) is 7.23. The first-order valence-corrected chi connectivity index (χ1v) is 14.2. The van der Waals surface area contributed by atoms with Gasteiger partial charge in [-0.25, -0.2) is 0 Å². The molecule has 1 atom stereocenters. The van der Waals surface area contributed by atoms with Crippen LogP contribution in [0.4, 0.5) is 0 Å². The Balaban J connectivity index is 0.00000220. The van der Waals surface area contributed by atoms with Gasteiger partial charge in [0.05, 0.1) is 16.1 Å². The van der Waals surface area contributed by atoms with Crippen molar-refractivity contribution < 1.29 is 28.7 Å². The van der Waals surface area contributed by atoms with Crippen LogP contribution in [0.3, 0.4) is 0 Å². The van der Waals surface area contributed by atoms with E-state index < -0.39 is 16.1 Å². The molecule has 0 amide bonds. The molecule has 0 bridgehead atoms. The molecule has 110 valence electrons. The number of benzene rings is 1. The third-order valence-corrected chi connectivity index (χ3v) is 9.44. The summed E-state index contributed by atoms with van der Waals surface area (Å²) in [6.45, 7) is 13.7. The Hall–Kier alpha value is -0.409. The summed E-state index contributed by atoms with van der Waals surface area (Å²) in [5.41, 5.74) is 1.26. The second-order valence-electron chi connectivity index (χ2n) is 7.75. The second kappa shape index (κ2) is 6.00. The molecule has 2 rings (SSSR count). The molecule has 5 heteroatoms. The Bertz CT molecular complexity index is 529. The number of hydrogen-bond acceptors (Lipinski definition) is 2. The summed E-state index contributed by atoms with van der Waals surface area (Å²) in [4.78, 5) is 0. The van der Waals surface area contributed by atoms with E-state index in [0.717, 1.165) is 11.6 Å². The molecule has 0 aliphatic carbocycles. The van der Waals surface area contributed by atoms with E-state index in [2.05, 4.69) is 63.5 Å². The Morgan fingerprint density at radius 1 is 1.00 bits per heavy atom. The van der Waals surface area contributed by atoms with Crippen LogP contribution in [0, 0.1) is 0 Å². The first kappa shape index (κ1) is 18.6. The minimum absolute atomic E-state index is 0. The summed E-state index contributed by atoms with van der Waals surface area (Å²) >= 11 is 0. The molecule has 1 aliphatic heterocycles. The van der Waals surface area contributed by atoms with Gasteiger partial charge in [-0.2, -0.15) is 0 Å². The summed E-state index contributed by atoms with van der Waals surface area (Å²) in [5, 5.41) is 13.0. The summed E-state index contributed by atoms with van der Waals surface area (Å²) in [6.07, 6.45) is 0.842. The van der Waals surface area contributed by atoms with Gasteiger partial charge in [-0.05, 0) is 17.2 Å². The summed E-state index contributed by atoms with van der Waals surface area (Å²) in [5.74, 6) is -0.0393. The van der Waals surface area contributed by atoms with Crippen molar-refractivity contribution in [2.75, 3.05) is 0 Å². The van der Waals surface area contributed by atoms with Gasteiger partial charge in [0, 0.05) is 11.2 Å². The van der Waals surface area contributed by atoms with E-state index in [1.54, 1.807) is 0 Å². The zero-order chi connectivity index (χ0) is 15.2. The first-order chi connectivity index (χ1) is 9.08. The molecular weight excluding hydrogens is 287 g/mol. The summed E-state index contributed by atoms with van der Waals surface area (Å²) in [6, 6.07) is 10.4. The van der Waals surface area contributed by atoms with E-state index in [-0.39, 0.29) is 30.0 Å². The molecule has 1 heterocycles. The Labute approximate surface area is 142 Å². The molecule has 0 fully saturated rings. The minimum Gasteiger partial charge on any atom is -0.606 e. The molecule has 1 aromatic carbocycles. The molecule has 0 aromatic heterocycles. The molecule has 2 nitrogen and oxygen atoms in total. The van der Waals surface area contributed by atoms with Crippen LogP contribution in [0.2, 0.25) is 39.3 Å². The quantitative estimate of drug-likeness (QED) is 0.751. The van der Waals surface area contributed by atoms with E-state index in [9.17, 15) is 5.11 Å². The van der Waals surface area contributed by atoms with Crippen LogP contribution in [-0.2, 0) is 11.2 Å². The zero-order valence-corrected chi connectivity index (χ0v) is 16.4. The van der Waals surface area contributed by atoms with Crippen molar-refractivity contribution in [2.45, 2.75) is 50.9 Å². The molecule has 0 N–H and O–H groups in total. The van der Waals surface area contributed by atoms with Crippen molar-refractivity contribution in [3.05, 3.63) is 47.0 Å². The molecular formula is C16H25LiO2Si2. The molecule has 0 saturated carbocycles. The molecule has 1 aliphatic rings. The van der Waals surface area contributed by atoms with E-state index in [1.807, 2.05) is 6.07 Å². The van der Waals surface area contributed by atoms with Crippen LogP contribution in [-0.4, -0.2) is 21.4 Å². The van der Waals surface area contributed by atoms with Gasteiger partial charge in [-0.15, -0.1) is 0 Å². The van der Waals surface area contributed by atoms with Crippen molar-refractivity contribution in [2.24, 2.45) is 0 Å². The standard InChI is InChI=1S/C16H26O2Si2.Li/c1-19(2,3)14-15(17)18-16(14,20(4,5)6)12-13-10-8-7-9-11-13;/h7-11,17H,12H2,1-6H3;/q;+1/p-1. The van der Waals surface area contributed by atoms with Gasteiger partial charge in [0.15, 0.2) is 0 Å². The molecule has 0 radical (unpaired) electrons. The van der Waals surface area contributed by atoms with Gasteiger partial charge in [-0.3, -0.25) is 0 Å². The molecule has 1 aromatic rings. The van der Waals surface area contributed by atoms with Crippen molar-refractivity contribution in [1.29, 1.82) is 0 Å². The second-order valence-corrected chi connectivity index (χ2v) is 18.1. The fourth-order valence-electron chi connectivity index (χ4n) is 3.09. The SMILES string of the molecule is C[Si](C)(C)C1=C([O-])OC1(Cc1ccccc1)[Si](C)(C)C.[Li+]. The average molecular weight is 312 g/mol.